The van der Waals surface area contributed by atoms with Crippen LogP contribution < -0.4 is 10.6 Å². The zero-order valence-corrected chi connectivity index (χ0v) is 17.0. The first-order valence-electron chi connectivity index (χ1n) is 10.0. The lowest BCUT2D eigenvalue weighted by atomic mass is 10.0. The van der Waals surface area contributed by atoms with Crippen molar-refractivity contribution in [3.8, 4) is 0 Å². The Balaban J connectivity index is 1.41. The molecular formula is C21H26N4O2S. The van der Waals surface area contributed by atoms with E-state index in [9.17, 15) is 9.59 Å². The maximum absolute atomic E-state index is 12.7. The van der Waals surface area contributed by atoms with Crippen molar-refractivity contribution in [1.82, 2.24) is 9.88 Å². The number of piperidine rings is 1. The van der Waals surface area contributed by atoms with Gasteiger partial charge in [-0.25, -0.2) is 4.98 Å². The number of fused-ring (bicyclic) bond motifs is 1. The number of aryl methyl sites for hydroxylation is 1. The predicted molar refractivity (Wildman–Crippen MR) is 112 cm³/mol. The van der Waals surface area contributed by atoms with E-state index in [0.717, 1.165) is 37.2 Å². The minimum atomic E-state index is -0.161. The fourth-order valence-electron chi connectivity index (χ4n) is 3.92. The highest BCUT2D eigenvalue weighted by molar-refractivity contribution is 7.15. The highest BCUT2D eigenvalue weighted by Crippen LogP contribution is 2.26. The van der Waals surface area contributed by atoms with Crippen LogP contribution in [0.25, 0.3) is 0 Å². The van der Waals surface area contributed by atoms with Crippen LogP contribution in [0.1, 0.15) is 59.8 Å². The summed E-state index contributed by atoms with van der Waals surface area (Å²) in [7, 11) is 0. The van der Waals surface area contributed by atoms with Crippen molar-refractivity contribution in [3.63, 3.8) is 0 Å². The van der Waals surface area contributed by atoms with E-state index in [-0.39, 0.29) is 11.8 Å². The second-order valence-electron chi connectivity index (χ2n) is 7.67. The van der Waals surface area contributed by atoms with Gasteiger partial charge >= 0.3 is 0 Å². The van der Waals surface area contributed by atoms with Gasteiger partial charge in [0, 0.05) is 41.3 Å². The van der Waals surface area contributed by atoms with Gasteiger partial charge in [0.2, 0.25) is 5.91 Å². The Bertz CT molecular complexity index is 879. The molecule has 0 aliphatic carbocycles. The number of likely N-dealkylation sites (tertiary alicyclic amines) is 1. The summed E-state index contributed by atoms with van der Waals surface area (Å²) in [6, 6.07) is 6.05. The molecule has 1 aromatic carbocycles. The van der Waals surface area contributed by atoms with Crippen molar-refractivity contribution >= 4 is 34.0 Å². The van der Waals surface area contributed by atoms with E-state index in [2.05, 4.69) is 27.4 Å². The van der Waals surface area contributed by atoms with E-state index < -0.39 is 0 Å². The van der Waals surface area contributed by atoms with Crippen LogP contribution in [-0.4, -0.2) is 34.3 Å². The highest BCUT2D eigenvalue weighted by atomic mass is 32.1. The first-order valence-corrected chi connectivity index (χ1v) is 10.8. The molecule has 0 radical (unpaired) electrons. The number of hydrogen-bond donors (Lipinski definition) is 2. The Morgan fingerprint density at radius 3 is 3.07 bits per heavy atom. The lowest BCUT2D eigenvalue weighted by molar-refractivity contribution is -0.116. The molecule has 0 spiro atoms. The lowest BCUT2D eigenvalue weighted by Gasteiger charge is -2.32. The van der Waals surface area contributed by atoms with Crippen molar-refractivity contribution in [1.29, 1.82) is 0 Å². The number of aromatic nitrogens is 1. The summed E-state index contributed by atoms with van der Waals surface area (Å²) in [6.07, 6.45) is 7.81. The number of carbonyl (C=O) groups is 2. The number of hydrogen-bond acceptors (Lipinski definition) is 5. The van der Waals surface area contributed by atoms with Gasteiger partial charge in [-0.15, -0.1) is 11.3 Å². The zero-order valence-electron chi connectivity index (χ0n) is 16.2. The van der Waals surface area contributed by atoms with E-state index in [0.29, 0.717) is 23.2 Å². The average Bonchev–Trinajstić information content (AvgIpc) is 3.02. The summed E-state index contributed by atoms with van der Waals surface area (Å²) in [5, 5.41) is 6.45. The summed E-state index contributed by atoms with van der Waals surface area (Å²) in [4.78, 5) is 32.4. The third-order valence-electron chi connectivity index (χ3n) is 5.57. The Kier molecular flexibility index (Phi) is 5.73. The lowest BCUT2D eigenvalue weighted by Crippen LogP contribution is -2.36. The number of amides is 2. The quantitative estimate of drug-likeness (QED) is 0.815. The minimum absolute atomic E-state index is 0.0364. The molecule has 28 heavy (non-hydrogen) atoms. The number of anilines is 2. The second-order valence-corrected chi connectivity index (χ2v) is 8.79. The fraction of sp³-hybridized carbons (Fsp3) is 0.476. The normalized spacial score (nSPS) is 20.2. The molecule has 6 nitrogen and oxygen atoms in total. The molecule has 2 aliphatic rings. The molecule has 0 bridgehead atoms. The Labute approximate surface area is 169 Å². The molecule has 4 rings (SSSR count). The van der Waals surface area contributed by atoms with Crippen LogP contribution in [0.5, 0.6) is 0 Å². The molecule has 2 aliphatic heterocycles. The van der Waals surface area contributed by atoms with Crippen LogP contribution >= 0.6 is 11.3 Å². The number of nitrogens with zero attached hydrogens (tertiary/aromatic N) is 2. The van der Waals surface area contributed by atoms with E-state index in [4.69, 9.17) is 0 Å². The summed E-state index contributed by atoms with van der Waals surface area (Å²) in [5.41, 5.74) is 2.42. The maximum Gasteiger partial charge on any atom is 0.257 e. The SMILES string of the molecule is CC1CCCCN1Cc1cnc(NC(=O)c2ccc3c(c2)CCCC(=O)N3)s1. The molecule has 1 unspecified atom stereocenters. The number of carbonyl (C=O) groups excluding carboxylic acids is 2. The van der Waals surface area contributed by atoms with Gasteiger partial charge in [0.05, 0.1) is 0 Å². The molecule has 7 heteroatoms. The van der Waals surface area contributed by atoms with E-state index in [1.807, 2.05) is 18.3 Å². The molecule has 1 aromatic heterocycles. The number of benzene rings is 1. The third kappa shape index (κ3) is 4.42. The molecule has 2 amide bonds. The minimum Gasteiger partial charge on any atom is -0.326 e. The van der Waals surface area contributed by atoms with E-state index in [1.54, 1.807) is 17.4 Å². The fourth-order valence-corrected chi connectivity index (χ4v) is 4.75. The van der Waals surface area contributed by atoms with Gasteiger partial charge in [-0.05, 0) is 62.9 Å². The zero-order chi connectivity index (χ0) is 19.5. The van der Waals surface area contributed by atoms with Gasteiger partial charge in [-0.2, -0.15) is 0 Å². The van der Waals surface area contributed by atoms with Crippen LogP contribution in [0.2, 0.25) is 0 Å². The van der Waals surface area contributed by atoms with E-state index in [1.165, 1.54) is 24.1 Å². The summed E-state index contributed by atoms with van der Waals surface area (Å²) >= 11 is 1.54. The Hall–Kier alpha value is -2.25. The topological polar surface area (TPSA) is 74.3 Å². The number of rotatable bonds is 4. The Morgan fingerprint density at radius 1 is 1.32 bits per heavy atom. The van der Waals surface area contributed by atoms with Crippen LogP contribution in [0, 0.1) is 0 Å². The van der Waals surface area contributed by atoms with Gasteiger partial charge in [-0.3, -0.25) is 19.8 Å². The maximum atomic E-state index is 12.7. The monoisotopic (exact) mass is 398 g/mol. The molecule has 0 saturated carbocycles. The van der Waals surface area contributed by atoms with Crippen molar-refractivity contribution < 1.29 is 9.59 Å². The van der Waals surface area contributed by atoms with Crippen molar-refractivity contribution in [2.75, 3.05) is 17.2 Å². The van der Waals surface area contributed by atoms with Gasteiger partial charge < -0.3 is 5.32 Å². The van der Waals surface area contributed by atoms with Crippen molar-refractivity contribution in [3.05, 3.63) is 40.4 Å². The predicted octanol–water partition coefficient (Wildman–Crippen LogP) is 4.04. The van der Waals surface area contributed by atoms with E-state index >= 15 is 0 Å². The van der Waals surface area contributed by atoms with Crippen LogP contribution in [0.4, 0.5) is 10.8 Å². The number of nitrogens with one attached hydrogen (secondary N) is 2. The summed E-state index contributed by atoms with van der Waals surface area (Å²) < 4.78 is 0. The largest absolute Gasteiger partial charge is 0.326 e. The summed E-state index contributed by atoms with van der Waals surface area (Å²) in [6.45, 7) is 4.31. The van der Waals surface area contributed by atoms with Gasteiger partial charge in [-0.1, -0.05) is 6.42 Å². The smallest absolute Gasteiger partial charge is 0.257 e. The summed E-state index contributed by atoms with van der Waals surface area (Å²) in [5.74, 6) is -0.125. The Morgan fingerprint density at radius 2 is 2.21 bits per heavy atom. The average molecular weight is 399 g/mol. The first-order chi connectivity index (χ1) is 13.6. The molecule has 1 saturated heterocycles. The van der Waals surface area contributed by atoms with Gasteiger partial charge in [0.25, 0.3) is 5.91 Å². The van der Waals surface area contributed by atoms with Crippen molar-refractivity contribution in [2.24, 2.45) is 0 Å². The molecule has 2 N–H and O–H groups in total. The first kappa shape index (κ1) is 19.1. The molecule has 1 atom stereocenters. The standard InChI is InChI=1S/C21H26N4O2S/c1-14-5-2-3-10-25(14)13-17-12-22-21(28-17)24-20(27)16-8-9-18-15(11-16)6-4-7-19(26)23-18/h8-9,11-12,14H,2-7,10,13H2,1H3,(H,23,26)(H,22,24,27). The van der Waals surface area contributed by atoms with Crippen LogP contribution in [-0.2, 0) is 17.8 Å². The van der Waals surface area contributed by atoms with Crippen molar-refractivity contribution in [2.45, 2.75) is 58.0 Å². The molecule has 3 heterocycles. The molecule has 2 aromatic rings. The second kappa shape index (κ2) is 8.41. The third-order valence-corrected chi connectivity index (χ3v) is 6.46. The molecule has 148 valence electrons. The molecule has 1 fully saturated rings. The highest BCUT2D eigenvalue weighted by Gasteiger charge is 2.20. The van der Waals surface area contributed by atoms with Crippen LogP contribution in [0.3, 0.4) is 0 Å². The van der Waals surface area contributed by atoms with Gasteiger partial charge in [0.1, 0.15) is 0 Å². The van der Waals surface area contributed by atoms with Crippen LogP contribution in [0.15, 0.2) is 24.4 Å². The van der Waals surface area contributed by atoms with Gasteiger partial charge in [0.15, 0.2) is 5.13 Å². The molecular weight excluding hydrogens is 372 g/mol. The number of thiazole rings is 1.